The highest BCUT2D eigenvalue weighted by atomic mass is 16.6. The maximum absolute atomic E-state index is 12.2. The summed E-state index contributed by atoms with van der Waals surface area (Å²) >= 11 is 0. The maximum atomic E-state index is 12.2. The number of aryl methyl sites for hydroxylation is 2. The topological polar surface area (TPSA) is 110 Å². The van der Waals surface area contributed by atoms with Gasteiger partial charge in [0, 0.05) is 13.6 Å². The van der Waals surface area contributed by atoms with E-state index in [0.29, 0.717) is 12.3 Å². The molecule has 0 bridgehead atoms. The number of hydrogen-bond acceptors (Lipinski definition) is 5. The Morgan fingerprint density at radius 3 is 2.64 bits per heavy atom. The van der Waals surface area contributed by atoms with Gasteiger partial charge in [0.1, 0.15) is 5.69 Å². The summed E-state index contributed by atoms with van der Waals surface area (Å²) in [5.74, 6) is -0.164. The van der Waals surface area contributed by atoms with Crippen LogP contribution in [0, 0.1) is 23.0 Å². The number of hydrogen-bond donors (Lipinski definition) is 2. The zero-order valence-electron chi connectivity index (χ0n) is 13.7. The van der Waals surface area contributed by atoms with E-state index in [9.17, 15) is 20.0 Å². The fourth-order valence-electron chi connectivity index (χ4n) is 2.16. The van der Waals surface area contributed by atoms with E-state index in [1.807, 2.05) is 0 Å². The number of aliphatic hydroxyl groups is 1. The van der Waals surface area contributed by atoms with Crippen molar-refractivity contribution in [2.24, 2.45) is 13.0 Å². The molecule has 0 fully saturated rings. The molecule has 22 heavy (non-hydrogen) atoms. The van der Waals surface area contributed by atoms with Crippen LogP contribution in [-0.2, 0) is 7.05 Å². The minimum Gasteiger partial charge on any atom is -0.388 e. The van der Waals surface area contributed by atoms with E-state index < -0.39 is 16.4 Å². The molecule has 0 radical (unpaired) electrons. The van der Waals surface area contributed by atoms with E-state index >= 15 is 0 Å². The maximum Gasteiger partial charge on any atom is 0.322 e. The summed E-state index contributed by atoms with van der Waals surface area (Å²) in [4.78, 5) is 22.6. The summed E-state index contributed by atoms with van der Waals surface area (Å²) in [6.45, 7) is 7.25. The van der Waals surface area contributed by atoms with Gasteiger partial charge in [-0.3, -0.25) is 19.6 Å². The molecule has 0 saturated carbocycles. The number of nitro groups is 1. The van der Waals surface area contributed by atoms with Crippen LogP contribution in [0.15, 0.2) is 0 Å². The molecule has 0 saturated heterocycles. The van der Waals surface area contributed by atoms with Gasteiger partial charge in [-0.1, -0.05) is 13.8 Å². The van der Waals surface area contributed by atoms with E-state index in [4.69, 9.17) is 0 Å². The number of carbonyl (C=O) groups is 1. The average molecular weight is 312 g/mol. The molecule has 1 amide bonds. The fourth-order valence-corrected chi connectivity index (χ4v) is 2.16. The third-order valence-corrected chi connectivity index (χ3v) is 3.48. The molecule has 8 heteroatoms. The van der Waals surface area contributed by atoms with Gasteiger partial charge in [-0.2, -0.15) is 5.10 Å². The Hall–Kier alpha value is -1.96. The van der Waals surface area contributed by atoms with Crippen LogP contribution in [0.2, 0.25) is 0 Å². The molecule has 1 heterocycles. The minimum absolute atomic E-state index is 0.0277. The van der Waals surface area contributed by atoms with E-state index in [1.165, 1.54) is 18.7 Å². The van der Waals surface area contributed by atoms with Crippen LogP contribution in [0.4, 0.5) is 5.69 Å². The first-order valence-electron chi connectivity index (χ1n) is 7.23. The van der Waals surface area contributed by atoms with Crippen LogP contribution in [-0.4, -0.2) is 37.9 Å². The molecular formula is C14H24N4O4. The fraction of sp³-hybridized carbons (Fsp3) is 0.714. The predicted octanol–water partition coefficient (Wildman–Crippen LogP) is 1.55. The molecule has 8 nitrogen and oxygen atoms in total. The molecule has 0 aliphatic carbocycles. The van der Waals surface area contributed by atoms with Gasteiger partial charge in [0.15, 0.2) is 0 Å². The second-order valence-electron chi connectivity index (χ2n) is 6.28. The van der Waals surface area contributed by atoms with Crippen LogP contribution in [0.5, 0.6) is 0 Å². The monoisotopic (exact) mass is 312 g/mol. The van der Waals surface area contributed by atoms with Crippen molar-refractivity contribution in [1.29, 1.82) is 0 Å². The van der Waals surface area contributed by atoms with Crippen molar-refractivity contribution < 1.29 is 14.8 Å². The summed E-state index contributed by atoms with van der Waals surface area (Å²) in [6, 6.07) is 0. The second-order valence-corrected chi connectivity index (χ2v) is 6.28. The molecule has 0 spiro atoms. The Morgan fingerprint density at radius 2 is 2.14 bits per heavy atom. The molecule has 2 N–H and O–H groups in total. The lowest BCUT2D eigenvalue weighted by atomic mass is 9.95. The summed E-state index contributed by atoms with van der Waals surface area (Å²) in [5.41, 5.74) is -1.28. The summed E-state index contributed by atoms with van der Waals surface area (Å²) in [5, 5.41) is 27.8. The first-order valence-corrected chi connectivity index (χ1v) is 7.23. The highest BCUT2D eigenvalue weighted by Crippen LogP contribution is 2.22. The lowest BCUT2D eigenvalue weighted by Crippen LogP contribution is -2.41. The molecule has 0 aliphatic heterocycles. The molecule has 0 aromatic carbocycles. The lowest BCUT2D eigenvalue weighted by molar-refractivity contribution is -0.385. The van der Waals surface area contributed by atoms with E-state index in [0.717, 1.165) is 6.42 Å². The van der Waals surface area contributed by atoms with Gasteiger partial charge in [-0.25, -0.2) is 0 Å². The van der Waals surface area contributed by atoms with E-state index in [-0.39, 0.29) is 23.6 Å². The third kappa shape index (κ3) is 4.52. The number of rotatable bonds is 7. The Kier molecular flexibility index (Phi) is 5.65. The van der Waals surface area contributed by atoms with Gasteiger partial charge in [0.2, 0.25) is 5.69 Å². The van der Waals surface area contributed by atoms with Gasteiger partial charge in [0.25, 0.3) is 5.91 Å². The SMILES string of the molecule is Cc1nn(C)c(C(=O)NCC(C)(O)CCC(C)C)c1[N+](=O)[O-]. The van der Waals surface area contributed by atoms with Crippen molar-refractivity contribution in [2.75, 3.05) is 6.54 Å². The first kappa shape index (κ1) is 18.1. The molecule has 0 aliphatic rings. The molecule has 1 unspecified atom stereocenters. The normalized spacial score (nSPS) is 14.0. The van der Waals surface area contributed by atoms with Crippen LogP contribution < -0.4 is 5.32 Å². The van der Waals surface area contributed by atoms with Crippen molar-refractivity contribution in [3.63, 3.8) is 0 Å². The van der Waals surface area contributed by atoms with Gasteiger partial charge < -0.3 is 10.4 Å². The van der Waals surface area contributed by atoms with Crippen molar-refractivity contribution in [2.45, 2.75) is 46.1 Å². The molecule has 1 aromatic rings. The van der Waals surface area contributed by atoms with Gasteiger partial charge in [0.05, 0.1) is 10.5 Å². The quantitative estimate of drug-likeness (QED) is 0.586. The number of nitrogens with zero attached hydrogens (tertiary/aromatic N) is 3. The van der Waals surface area contributed by atoms with Gasteiger partial charge in [-0.05, 0) is 32.6 Å². The van der Waals surface area contributed by atoms with Gasteiger partial charge >= 0.3 is 5.69 Å². The van der Waals surface area contributed by atoms with Crippen LogP contribution >= 0.6 is 0 Å². The van der Waals surface area contributed by atoms with Crippen LogP contribution in [0.1, 0.15) is 49.8 Å². The number of nitrogens with one attached hydrogen (secondary N) is 1. The molecule has 1 rings (SSSR count). The van der Waals surface area contributed by atoms with E-state index in [1.54, 1.807) is 6.92 Å². The Labute approximate surface area is 129 Å². The molecule has 124 valence electrons. The molecule has 1 atom stereocenters. The van der Waals surface area contributed by atoms with Gasteiger partial charge in [-0.15, -0.1) is 0 Å². The zero-order valence-corrected chi connectivity index (χ0v) is 13.7. The van der Waals surface area contributed by atoms with Crippen molar-refractivity contribution in [1.82, 2.24) is 15.1 Å². The highest BCUT2D eigenvalue weighted by molar-refractivity contribution is 5.96. The minimum atomic E-state index is -1.05. The van der Waals surface area contributed by atoms with Crippen molar-refractivity contribution >= 4 is 11.6 Å². The molecular weight excluding hydrogens is 288 g/mol. The number of aromatic nitrogens is 2. The first-order chi connectivity index (χ1) is 10.0. The van der Waals surface area contributed by atoms with Crippen LogP contribution in [0.3, 0.4) is 0 Å². The largest absolute Gasteiger partial charge is 0.388 e. The summed E-state index contributed by atoms with van der Waals surface area (Å²) in [7, 11) is 1.48. The Balaban J connectivity index is 2.80. The number of amides is 1. The Morgan fingerprint density at radius 1 is 1.55 bits per heavy atom. The van der Waals surface area contributed by atoms with Crippen LogP contribution in [0.25, 0.3) is 0 Å². The zero-order chi connectivity index (χ0) is 17.1. The molecule has 1 aromatic heterocycles. The van der Waals surface area contributed by atoms with E-state index in [2.05, 4.69) is 24.3 Å². The average Bonchev–Trinajstić information content (AvgIpc) is 2.69. The lowest BCUT2D eigenvalue weighted by Gasteiger charge is -2.24. The highest BCUT2D eigenvalue weighted by Gasteiger charge is 2.30. The van der Waals surface area contributed by atoms with Crippen molar-refractivity contribution in [3.8, 4) is 0 Å². The third-order valence-electron chi connectivity index (χ3n) is 3.48. The second kappa shape index (κ2) is 6.87. The Bertz CT molecular complexity index is 563. The van der Waals surface area contributed by atoms with Crippen molar-refractivity contribution in [3.05, 3.63) is 21.5 Å². The standard InChI is InChI=1S/C14H24N4O4/c1-9(2)6-7-14(4,20)8-15-13(19)12-11(18(21)22)10(3)16-17(12)5/h9,20H,6-8H2,1-5H3,(H,15,19). The smallest absolute Gasteiger partial charge is 0.322 e. The predicted molar refractivity (Wildman–Crippen MR) is 81.6 cm³/mol. The summed E-state index contributed by atoms with van der Waals surface area (Å²) < 4.78 is 1.19. The number of carbonyl (C=O) groups excluding carboxylic acids is 1. The summed E-state index contributed by atoms with van der Waals surface area (Å²) in [6.07, 6.45) is 1.37.